The van der Waals surface area contributed by atoms with E-state index in [0.717, 1.165) is 21.3 Å². The van der Waals surface area contributed by atoms with E-state index in [4.69, 9.17) is 27.9 Å². The number of esters is 1. The Hall–Kier alpha value is -2.71. The predicted octanol–water partition coefficient (Wildman–Crippen LogP) is 7.54. The minimum Gasteiger partial charge on any atom is -0.423 e. The van der Waals surface area contributed by atoms with Crippen LogP contribution in [0.5, 0.6) is 5.75 Å². The van der Waals surface area contributed by atoms with Crippen LogP contribution in [-0.4, -0.2) is 17.2 Å². The maximum Gasteiger partial charge on any atom is 0.343 e. The average Bonchev–Trinajstić information content (AvgIpc) is 3.23. The Morgan fingerprint density at radius 2 is 1.91 bits per heavy atom. The molecule has 0 amide bonds. The number of thiazole rings is 1. The second kappa shape index (κ2) is 10.3. The molecule has 0 aliphatic carbocycles. The van der Waals surface area contributed by atoms with E-state index in [9.17, 15) is 4.79 Å². The third-order valence-electron chi connectivity index (χ3n) is 4.24. The number of nitrogens with one attached hydrogen (secondary N) is 1. The van der Waals surface area contributed by atoms with Crippen LogP contribution in [0.15, 0.2) is 81.7 Å². The number of carbonyl (C=O) groups is 1. The van der Waals surface area contributed by atoms with E-state index in [1.807, 2.05) is 17.5 Å². The first kappa shape index (κ1) is 22.5. The Bertz CT molecular complexity index is 1290. The number of benzene rings is 3. The highest BCUT2D eigenvalue weighted by molar-refractivity contribution is 9.10. The molecule has 1 heterocycles. The van der Waals surface area contributed by atoms with Gasteiger partial charge in [-0.2, -0.15) is 5.10 Å². The lowest BCUT2D eigenvalue weighted by atomic mass is 10.2. The van der Waals surface area contributed by atoms with Crippen LogP contribution in [0, 0.1) is 0 Å². The fourth-order valence-electron chi connectivity index (χ4n) is 2.71. The zero-order valence-corrected chi connectivity index (χ0v) is 20.2. The zero-order chi connectivity index (χ0) is 22.5. The molecule has 3 aromatic carbocycles. The maximum atomic E-state index is 12.2. The van der Waals surface area contributed by atoms with Gasteiger partial charge in [0.2, 0.25) is 5.13 Å². The largest absolute Gasteiger partial charge is 0.423 e. The molecular weight excluding hydrogens is 533 g/mol. The van der Waals surface area contributed by atoms with E-state index in [1.165, 1.54) is 11.3 Å². The standard InChI is InChI=1S/C23H14BrCl2N3O2S/c24-16-3-1-2-15(10-16)22(30)31-18-7-4-14(5-8-18)12-27-29-23-28-21(13-32-23)19-9-6-17(25)11-20(19)26/h1-13H,(H,28,29)/b27-12-. The number of hydrazone groups is 1. The van der Waals surface area contributed by atoms with Gasteiger partial charge in [-0.1, -0.05) is 45.2 Å². The summed E-state index contributed by atoms with van der Waals surface area (Å²) >= 11 is 16.9. The predicted molar refractivity (Wildman–Crippen MR) is 134 cm³/mol. The average molecular weight is 547 g/mol. The third kappa shape index (κ3) is 5.75. The molecule has 5 nitrogen and oxygen atoms in total. The summed E-state index contributed by atoms with van der Waals surface area (Å²) in [5.41, 5.74) is 5.75. The van der Waals surface area contributed by atoms with E-state index < -0.39 is 5.97 Å². The molecule has 0 aliphatic rings. The van der Waals surface area contributed by atoms with E-state index in [2.05, 4.69) is 31.4 Å². The van der Waals surface area contributed by atoms with Crippen molar-refractivity contribution in [3.05, 3.63) is 97.8 Å². The molecule has 0 atom stereocenters. The van der Waals surface area contributed by atoms with Crippen LogP contribution < -0.4 is 10.2 Å². The van der Waals surface area contributed by atoms with E-state index in [1.54, 1.807) is 60.8 Å². The lowest BCUT2D eigenvalue weighted by molar-refractivity contribution is 0.0734. The number of aromatic nitrogens is 1. The highest BCUT2D eigenvalue weighted by atomic mass is 79.9. The highest BCUT2D eigenvalue weighted by Gasteiger charge is 2.10. The molecule has 4 aromatic rings. The number of ether oxygens (including phenoxy) is 1. The minimum absolute atomic E-state index is 0.422. The molecule has 9 heteroatoms. The quantitative estimate of drug-likeness (QED) is 0.117. The van der Waals surface area contributed by atoms with Gasteiger partial charge in [-0.05, 0) is 66.2 Å². The second-order valence-electron chi connectivity index (χ2n) is 6.50. The Labute approximate surface area is 206 Å². The van der Waals surface area contributed by atoms with Crippen LogP contribution in [0.1, 0.15) is 15.9 Å². The Morgan fingerprint density at radius 1 is 1.09 bits per heavy atom. The van der Waals surface area contributed by atoms with E-state index in [0.29, 0.717) is 26.5 Å². The summed E-state index contributed by atoms with van der Waals surface area (Å²) in [7, 11) is 0. The van der Waals surface area contributed by atoms with Crippen LogP contribution in [0.3, 0.4) is 0 Å². The van der Waals surface area contributed by atoms with Crippen LogP contribution in [0.25, 0.3) is 11.3 Å². The number of carbonyl (C=O) groups excluding carboxylic acids is 1. The van der Waals surface area contributed by atoms with Gasteiger partial charge in [0.05, 0.1) is 22.5 Å². The molecule has 0 bridgehead atoms. The molecule has 0 saturated carbocycles. The molecule has 0 aliphatic heterocycles. The van der Waals surface area contributed by atoms with Crippen LogP contribution >= 0.6 is 50.5 Å². The van der Waals surface area contributed by atoms with Crippen LogP contribution in [0.2, 0.25) is 10.0 Å². The maximum absolute atomic E-state index is 12.2. The smallest absolute Gasteiger partial charge is 0.343 e. The molecule has 0 unspecified atom stereocenters. The number of hydrogen-bond acceptors (Lipinski definition) is 6. The monoisotopic (exact) mass is 545 g/mol. The van der Waals surface area contributed by atoms with Gasteiger partial charge in [0.15, 0.2) is 0 Å². The minimum atomic E-state index is -0.422. The Kier molecular flexibility index (Phi) is 7.22. The number of hydrogen-bond donors (Lipinski definition) is 1. The molecule has 1 N–H and O–H groups in total. The summed E-state index contributed by atoms with van der Waals surface area (Å²) in [5.74, 6) is 0.0271. The van der Waals surface area contributed by atoms with Gasteiger partial charge < -0.3 is 4.74 Å². The van der Waals surface area contributed by atoms with Gasteiger partial charge in [-0.25, -0.2) is 9.78 Å². The van der Waals surface area contributed by atoms with E-state index in [-0.39, 0.29) is 0 Å². The van der Waals surface area contributed by atoms with Crippen LogP contribution in [0.4, 0.5) is 5.13 Å². The lowest BCUT2D eigenvalue weighted by Gasteiger charge is -2.05. The van der Waals surface area contributed by atoms with Gasteiger partial charge in [0, 0.05) is 20.4 Å². The van der Waals surface area contributed by atoms with Crippen molar-refractivity contribution in [3.63, 3.8) is 0 Å². The SMILES string of the molecule is O=C(Oc1ccc(/C=N\Nc2nc(-c3ccc(Cl)cc3Cl)cs2)cc1)c1cccc(Br)c1. The van der Waals surface area contributed by atoms with Crippen molar-refractivity contribution in [1.82, 2.24) is 4.98 Å². The summed E-state index contributed by atoms with van der Waals surface area (Å²) in [6.45, 7) is 0. The van der Waals surface area contributed by atoms with Crippen molar-refractivity contribution in [2.24, 2.45) is 5.10 Å². The summed E-state index contributed by atoms with van der Waals surface area (Å²) in [6.07, 6.45) is 1.65. The number of anilines is 1. The molecule has 0 radical (unpaired) electrons. The van der Waals surface area contributed by atoms with E-state index >= 15 is 0 Å². The summed E-state index contributed by atoms with van der Waals surface area (Å²) < 4.78 is 6.21. The zero-order valence-electron chi connectivity index (χ0n) is 16.3. The number of halogens is 3. The molecule has 0 spiro atoms. The molecule has 1 aromatic heterocycles. The van der Waals surface area contributed by atoms with Crippen molar-refractivity contribution in [1.29, 1.82) is 0 Å². The molecule has 0 saturated heterocycles. The molecule has 4 rings (SSSR count). The van der Waals surface area contributed by atoms with Gasteiger partial charge in [0.25, 0.3) is 0 Å². The van der Waals surface area contributed by atoms with Crippen molar-refractivity contribution in [2.45, 2.75) is 0 Å². The van der Waals surface area contributed by atoms with Crippen molar-refractivity contribution >= 4 is 67.8 Å². The normalized spacial score (nSPS) is 11.0. The molecule has 160 valence electrons. The topological polar surface area (TPSA) is 63.6 Å². The van der Waals surface area contributed by atoms with Crippen molar-refractivity contribution in [3.8, 4) is 17.0 Å². The molecule has 32 heavy (non-hydrogen) atoms. The Morgan fingerprint density at radius 3 is 2.66 bits per heavy atom. The fraction of sp³-hybridized carbons (Fsp3) is 0. The fourth-order valence-corrected chi connectivity index (χ4v) is 4.28. The summed E-state index contributed by atoms with van der Waals surface area (Å²) in [5, 5.41) is 7.84. The third-order valence-corrected chi connectivity index (χ3v) is 6.02. The van der Waals surface area contributed by atoms with Gasteiger partial charge in [-0.15, -0.1) is 11.3 Å². The Balaban J connectivity index is 1.35. The molecule has 0 fully saturated rings. The first-order valence-corrected chi connectivity index (χ1v) is 11.7. The van der Waals surface area contributed by atoms with Crippen LogP contribution in [-0.2, 0) is 0 Å². The van der Waals surface area contributed by atoms with Gasteiger partial charge >= 0.3 is 5.97 Å². The van der Waals surface area contributed by atoms with Gasteiger partial charge in [-0.3, -0.25) is 5.43 Å². The first-order valence-electron chi connectivity index (χ1n) is 9.26. The summed E-state index contributed by atoms with van der Waals surface area (Å²) in [4.78, 5) is 16.7. The number of nitrogens with zero attached hydrogens (tertiary/aromatic N) is 2. The van der Waals surface area contributed by atoms with Gasteiger partial charge in [0.1, 0.15) is 5.75 Å². The highest BCUT2D eigenvalue weighted by Crippen LogP contribution is 2.32. The second-order valence-corrected chi connectivity index (χ2v) is 9.12. The first-order chi connectivity index (χ1) is 15.5. The number of rotatable bonds is 6. The summed E-state index contributed by atoms with van der Waals surface area (Å²) in [6, 6.07) is 19.3. The molecular formula is C23H14BrCl2N3O2S. The van der Waals surface area contributed by atoms with Crippen molar-refractivity contribution < 1.29 is 9.53 Å². The van der Waals surface area contributed by atoms with Crippen molar-refractivity contribution in [2.75, 3.05) is 5.43 Å². The lowest BCUT2D eigenvalue weighted by Crippen LogP contribution is -2.08.